The fourth-order valence-corrected chi connectivity index (χ4v) is 1.05. The highest BCUT2D eigenvalue weighted by Gasteiger charge is 2.06. The molecule has 0 rings (SSSR count). The molecule has 8 heteroatoms. The molecule has 8 nitrogen and oxygen atoms in total. The van der Waals surface area contributed by atoms with Crippen LogP contribution in [0.2, 0.25) is 0 Å². The van der Waals surface area contributed by atoms with Crippen LogP contribution < -0.4 is 0 Å². The average molecular weight is 263 g/mol. The summed E-state index contributed by atoms with van der Waals surface area (Å²) in [6.45, 7) is 7.13. The van der Waals surface area contributed by atoms with Crippen molar-refractivity contribution in [3.63, 3.8) is 0 Å². The summed E-state index contributed by atoms with van der Waals surface area (Å²) >= 11 is 0. The number of hydrazine groups is 1. The molecule has 0 aliphatic heterocycles. The second-order valence-electron chi connectivity index (χ2n) is 3.19. The van der Waals surface area contributed by atoms with Crippen LogP contribution in [0, 0.1) is 5.21 Å². The van der Waals surface area contributed by atoms with E-state index in [4.69, 9.17) is 9.57 Å². The number of hydrogen-bond donors (Lipinski definition) is 0. The van der Waals surface area contributed by atoms with E-state index < -0.39 is 6.16 Å². The highest BCUT2D eigenvalue weighted by molar-refractivity contribution is 5.59. The maximum Gasteiger partial charge on any atom is 0.508 e. The molecular formula is C10H21N3O5. The fourth-order valence-electron chi connectivity index (χ4n) is 1.05. The lowest BCUT2D eigenvalue weighted by molar-refractivity contribution is -0.710. The van der Waals surface area contributed by atoms with Crippen molar-refractivity contribution in [2.75, 3.05) is 32.9 Å². The first-order chi connectivity index (χ1) is 8.65. The molecular weight excluding hydrogens is 242 g/mol. The summed E-state index contributed by atoms with van der Waals surface area (Å²) in [5.74, 6) is 0. The van der Waals surface area contributed by atoms with Gasteiger partial charge in [0.15, 0.2) is 0 Å². The molecule has 0 unspecified atom stereocenters. The van der Waals surface area contributed by atoms with Crippen LogP contribution >= 0.6 is 0 Å². The zero-order valence-corrected chi connectivity index (χ0v) is 11.1. The number of ether oxygens (including phenoxy) is 2. The maximum absolute atomic E-state index is 11.3. The van der Waals surface area contributed by atoms with E-state index in [9.17, 15) is 10.0 Å². The van der Waals surface area contributed by atoms with E-state index in [1.807, 2.05) is 13.8 Å². The van der Waals surface area contributed by atoms with Gasteiger partial charge in [0.25, 0.3) is 0 Å². The normalized spacial score (nSPS) is 10.9. The molecule has 0 spiro atoms. The Hall–Kier alpha value is -1.73. The lowest BCUT2D eigenvalue weighted by Gasteiger charge is -2.13. The molecule has 0 aliphatic carbocycles. The first-order valence-electron chi connectivity index (χ1n) is 6.00. The van der Waals surface area contributed by atoms with Gasteiger partial charge in [-0.15, -0.1) is 5.01 Å². The minimum atomic E-state index is -0.706. The van der Waals surface area contributed by atoms with Crippen LogP contribution in [0.3, 0.4) is 0 Å². The zero-order valence-electron chi connectivity index (χ0n) is 11.1. The number of hydrogen-bond acceptors (Lipinski definition) is 6. The van der Waals surface area contributed by atoms with Crippen LogP contribution in [0.4, 0.5) is 4.79 Å². The van der Waals surface area contributed by atoms with Crippen molar-refractivity contribution < 1.29 is 24.1 Å². The van der Waals surface area contributed by atoms with Gasteiger partial charge in [-0.3, -0.25) is 0 Å². The molecule has 106 valence electrons. The lowest BCUT2D eigenvalue weighted by Crippen LogP contribution is -2.30. The summed E-state index contributed by atoms with van der Waals surface area (Å²) in [6.07, 6.45) is -0.267. The third-order valence-electron chi connectivity index (χ3n) is 1.96. The SMILES string of the molecule is CCOC(=O)OCCCO/N=[N+](\[O-])N(CC)CC. The zero-order chi connectivity index (χ0) is 13.8. The molecule has 0 aromatic heterocycles. The molecule has 0 bridgehead atoms. The maximum atomic E-state index is 11.3. The minimum Gasteiger partial charge on any atom is -0.569 e. The Labute approximate surface area is 107 Å². The van der Waals surface area contributed by atoms with Crippen LogP contribution in [0.15, 0.2) is 5.28 Å². The number of nitrogens with zero attached hydrogens (tertiary/aromatic N) is 3. The summed E-state index contributed by atoms with van der Waals surface area (Å²) in [4.78, 5) is 16.0. The van der Waals surface area contributed by atoms with E-state index in [2.05, 4.69) is 10.0 Å². The second kappa shape index (κ2) is 10.4. The van der Waals surface area contributed by atoms with Crippen molar-refractivity contribution in [2.24, 2.45) is 5.28 Å². The van der Waals surface area contributed by atoms with E-state index >= 15 is 0 Å². The minimum absolute atomic E-state index is 0.165. The second-order valence-corrected chi connectivity index (χ2v) is 3.19. The summed E-state index contributed by atoms with van der Waals surface area (Å²) in [5.41, 5.74) is 0. The van der Waals surface area contributed by atoms with Gasteiger partial charge in [-0.1, -0.05) is 0 Å². The molecule has 0 amide bonds. The van der Waals surface area contributed by atoms with E-state index in [0.29, 0.717) is 24.5 Å². The molecule has 0 saturated heterocycles. The Bertz CT molecular complexity index is 256. The quantitative estimate of drug-likeness (QED) is 0.207. The van der Waals surface area contributed by atoms with Gasteiger partial charge >= 0.3 is 6.16 Å². The largest absolute Gasteiger partial charge is 0.569 e. The smallest absolute Gasteiger partial charge is 0.508 e. The van der Waals surface area contributed by atoms with E-state index in [1.54, 1.807) is 6.92 Å². The third kappa shape index (κ3) is 7.53. The first-order valence-corrected chi connectivity index (χ1v) is 6.00. The predicted octanol–water partition coefficient (Wildman–Crippen LogP) is 1.70. The molecule has 0 fully saturated rings. The Morgan fingerprint density at radius 2 is 1.89 bits per heavy atom. The fraction of sp³-hybridized carbons (Fsp3) is 0.900. The molecule has 0 aromatic carbocycles. The van der Waals surface area contributed by atoms with Crippen molar-refractivity contribution in [3.8, 4) is 0 Å². The van der Waals surface area contributed by atoms with Crippen LogP contribution in [-0.2, 0) is 14.3 Å². The predicted molar refractivity (Wildman–Crippen MR) is 62.5 cm³/mol. The molecule has 0 aromatic rings. The van der Waals surface area contributed by atoms with Gasteiger partial charge in [0.1, 0.15) is 6.61 Å². The van der Waals surface area contributed by atoms with Gasteiger partial charge in [0.2, 0.25) is 5.28 Å². The topological polar surface area (TPSA) is 86.4 Å². The van der Waals surface area contributed by atoms with E-state index in [-0.39, 0.29) is 19.8 Å². The molecule has 0 N–H and O–H groups in total. The summed E-state index contributed by atoms with van der Waals surface area (Å²) in [6, 6.07) is 0. The number of carbonyl (C=O) groups is 1. The van der Waals surface area contributed by atoms with Crippen LogP contribution in [0.1, 0.15) is 27.2 Å². The van der Waals surface area contributed by atoms with Crippen molar-refractivity contribution >= 4 is 6.16 Å². The van der Waals surface area contributed by atoms with Gasteiger partial charge in [-0.25, -0.2) is 4.79 Å². The van der Waals surface area contributed by atoms with Crippen molar-refractivity contribution in [1.29, 1.82) is 0 Å². The molecule has 0 saturated carbocycles. The van der Waals surface area contributed by atoms with Gasteiger partial charge in [0.05, 0.1) is 31.3 Å². The Morgan fingerprint density at radius 1 is 1.22 bits per heavy atom. The molecule has 0 heterocycles. The van der Waals surface area contributed by atoms with E-state index in [0.717, 1.165) is 0 Å². The van der Waals surface area contributed by atoms with Gasteiger partial charge in [0, 0.05) is 6.42 Å². The van der Waals surface area contributed by atoms with Crippen LogP contribution in [0.25, 0.3) is 0 Å². The van der Waals surface area contributed by atoms with Crippen molar-refractivity contribution in [1.82, 2.24) is 5.01 Å². The van der Waals surface area contributed by atoms with Crippen molar-refractivity contribution in [2.45, 2.75) is 27.2 Å². The lowest BCUT2D eigenvalue weighted by atomic mass is 10.5. The monoisotopic (exact) mass is 263 g/mol. The van der Waals surface area contributed by atoms with Gasteiger partial charge < -0.3 is 19.5 Å². The number of carbonyl (C=O) groups excluding carboxylic acids is 1. The molecule has 0 radical (unpaired) electrons. The highest BCUT2D eigenvalue weighted by atomic mass is 16.7. The number of rotatable bonds is 9. The molecule has 18 heavy (non-hydrogen) atoms. The summed E-state index contributed by atoms with van der Waals surface area (Å²) < 4.78 is 9.25. The van der Waals surface area contributed by atoms with Gasteiger partial charge in [-0.2, -0.15) is 0 Å². The highest BCUT2D eigenvalue weighted by Crippen LogP contribution is 1.93. The summed E-state index contributed by atoms with van der Waals surface area (Å²) in [5, 5.41) is 16.1. The average Bonchev–Trinajstić information content (AvgIpc) is 2.35. The Kier molecular flexibility index (Phi) is 9.42. The first kappa shape index (κ1) is 16.3. The third-order valence-corrected chi connectivity index (χ3v) is 1.96. The van der Waals surface area contributed by atoms with Crippen LogP contribution in [0.5, 0.6) is 0 Å². The standard InChI is InChI=1S/C10H21N3O5/c1-4-12(5-2)13(15)11-18-9-7-8-17-10(14)16-6-3/h4-9H2,1-3H3/b13-11-. The van der Waals surface area contributed by atoms with Gasteiger partial charge in [-0.05, 0) is 20.8 Å². The Morgan fingerprint density at radius 3 is 2.44 bits per heavy atom. The molecule has 0 aliphatic rings. The Balaban J connectivity index is 3.60. The summed E-state index contributed by atoms with van der Waals surface area (Å²) in [7, 11) is 0. The molecule has 0 atom stereocenters. The van der Waals surface area contributed by atoms with Crippen LogP contribution in [-0.4, -0.2) is 49.0 Å². The van der Waals surface area contributed by atoms with Crippen molar-refractivity contribution in [3.05, 3.63) is 5.21 Å². The van der Waals surface area contributed by atoms with E-state index in [1.165, 1.54) is 5.01 Å².